The predicted octanol–water partition coefficient (Wildman–Crippen LogP) is 2.54. The molecule has 104 valence electrons. The van der Waals surface area contributed by atoms with Crippen molar-refractivity contribution in [1.29, 1.82) is 0 Å². The number of amides is 2. The van der Waals surface area contributed by atoms with Crippen molar-refractivity contribution in [2.75, 3.05) is 11.9 Å². The van der Waals surface area contributed by atoms with Gasteiger partial charge in [0.15, 0.2) is 0 Å². The van der Waals surface area contributed by atoms with Gasteiger partial charge in [-0.05, 0) is 29.7 Å². The van der Waals surface area contributed by atoms with Crippen LogP contribution in [-0.4, -0.2) is 17.7 Å². The molecular formula is C16H18N2O2. The van der Waals surface area contributed by atoms with E-state index in [4.69, 9.17) is 5.11 Å². The van der Waals surface area contributed by atoms with Crippen LogP contribution in [0.5, 0.6) is 0 Å². The van der Waals surface area contributed by atoms with Crippen LogP contribution in [0.2, 0.25) is 0 Å². The minimum absolute atomic E-state index is 0.129. The first-order valence-corrected chi connectivity index (χ1v) is 6.56. The first-order valence-electron chi connectivity index (χ1n) is 6.56. The van der Waals surface area contributed by atoms with Gasteiger partial charge in [0.1, 0.15) is 0 Å². The summed E-state index contributed by atoms with van der Waals surface area (Å²) in [6.45, 7) is 0.625. The Morgan fingerprint density at radius 1 is 0.950 bits per heavy atom. The number of nitrogens with one attached hydrogen (secondary N) is 2. The maximum atomic E-state index is 11.7. The standard InChI is InChI=1S/C16H18N2O2/c19-11-10-13-6-8-15(9-7-13)18-16(20)17-12-14-4-2-1-3-5-14/h1-9,19H,10-12H2,(H2,17,18,20). The van der Waals surface area contributed by atoms with Crippen LogP contribution in [0.1, 0.15) is 11.1 Å². The van der Waals surface area contributed by atoms with E-state index in [1.165, 1.54) is 0 Å². The fraction of sp³-hybridized carbons (Fsp3) is 0.188. The molecule has 0 atom stereocenters. The van der Waals surface area contributed by atoms with E-state index in [-0.39, 0.29) is 12.6 Å². The number of anilines is 1. The van der Waals surface area contributed by atoms with Crippen molar-refractivity contribution < 1.29 is 9.90 Å². The lowest BCUT2D eigenvalue weighted by Gasteiger charge is -2.08. The zero-order valence-electron chi connectivity index (χ0n) is 11.2. The molecule has 2 amide bonds. The van der Waals surface area contributed by atoms with E-state index < -0.39 is 0 Å². The number of aliphatic hydroxyl groups is 1. The first-order chi connectivity index (χ1) is 9.78. The number of urea groups is 1. The maximum absolute atomic E-state index is 11.7. The van der Waals surface area contributed by atoms with Crippen LogP contribution in [0.4, 0.5) is 10.5 Å². The molecule has 0 unspecified atom stereocenters. The molecule has 0 aliphatic rings. The van der Waals surface area contributed by atoms with Crippen LogP contribution in [0, 0.1) is 0 Å². The molecule has 0 aliphatic carbocycles. The number of benzene rings is 2. The van der Waals surface area contributed by atoms with Crippen LogP contribution in [0.3, 0.4) is 0 Å². The number of hydrogen-bond acceptors (Lipinski definition) is 2. The number of hydrogen-bond donors (Lipinski definition) is 3. The molecular weight excluding hydrogens is 252 g/mol. The molecule has 4 heteroatoms. The molecule has 0 fully saturated rings. The van der Waals surface area contributed by atoms with Gasteiger partial charge in [-0.3, -0.25) is 0 Å². The molecule has 2 aromatic carbocycles. The summed E-state index contributed by atoms with van der Waals surface area (Å²) in [4.78, 5) is 11.7. The van der Waals surface area contributed by atoms with Crippen LogP contribution < -0.4 is 10.6 Å². The largest absolute Gasteiger partial charge is 0.396 e. The first kappa shape index (κ1) is 14.1. The summed E-state index contributed by atoms with van der Waals surface area (Å²) in [5.41, 5.74) is 2.83. The van der Waals surface area contributed by atoms with E-state index in [0.29, 0.717) is 13.0 Å². The van der Waals surface area contributed by atoms with Crippen molar-refractivity contribution in [1.82, 2.24) is 5.32 Å². The lowest BCUT2D eigenvalue weighted by molar-refractivity contribution is 0.251. The fourth-order valence-corrected chi connectivity index (χ4v) is 1.84. The average molecular weight is 270 g/mol. The summed E-state index contributed by atoms with van der Waals surface area (Å²) >= 11 is 0. The Morgan fingerprint density at radius 3 is 2.30 bits per heavy atom. The quantitative estimate of drug-likeness (QED) is 0.782. The highest BCUT2D eigenvalue weighted by atomic mass is 16.3. The number of rotatable bonds is 5. The summed E-state index contributed by atoms with van der Waals surface area (Å²) in [5.74, 6) is 0. The number of carbonyl (C=O) groups is 1. The van der Waals surface area contributed by atoms with Gasteiger partial charge >= 0.3 is 6.03 Å². The second-order valence-corrected chi connectivity index (χ2v) is 4.46. The van der Waals surface area contributed by atoms with E-state index in [9.17, 15) is 4.79 Å². The Hall–Kier alpha value is -2.33. The van der Waals surface area contributed by atoms with Gasteiger partial charge in [0, 0.05) is 18.8 Å². The Bertz CT molecular complexity index is 538. The second-order valence-electron chi connectivity index (χ2n) is 4.46. The molecule has 0 spiro atoms. The van der Waals surface area contributed by atoms with Crippen LogP contribution in [0.15, 0.2) is 54.6 Å². The monoisotopic (exact) mass is 270 g/mol. The summed E-state index contributed by atoms with van der Waals surface area (Å²) in [5, 5.41) is 14.4. The van der Waals surface area contributed by atoms with Gasteiger partial charge in [0.2, 0.25) is 0 Å². The van der Waals surface area contributed by atoms with Gasteiger partial charge in [-0.15, -0.1) is 0 Å². The van der Waals surface area contributed by atoms with E-state index in [1.807, 2.05) is 54.6 Å². The summed E-state index contributed by atoms with van der Waals surface area (Å²) < 4.78 is 0. The predicted molar refractivity (Wildman–Crippen MR) is 79.5 cm³/mol. The van der Waals surface area contributed by atoms with Gasteiger partial charge < -0.3 is 15.7 Å². The molecule has 0 radical (unpaired) electrons. The van der Waals surface area contributed by atoms with E-state index in [1.54, 1.807) is 0 Å². The topological polar surface area (TPSA) is 61.4 Å². The lowest BCUT2D eigenvalue weighted by atomic mass is 10.1. The van der Waals surface area contributed by atoms with Crippen LogP contribution in [0.25, 0.3) is 0 Å². The third-order valence-corrected chi connectivity index (χ3v) is 2.91. The Labute approximate surface area is 118 Å². The van der Waals surface area contributed by atoms with Gasteiger partial charge in [0.05, 0.1) is 0 Å². The zero-order chi connectivity index (χ0) is 14.2. The van der Waals surface area contributed by atoms with Gasteiger partial charge in [0.25, 0.3) is 0 Å². The van der Waals surface area contributed by atoms with Gasteiger partial charge in [-0.1, -0.05) is 42.5 Å². The van der Waals surface area contributed by atoms with Crippen molar-refractivity contribution in [3.8, 4) is 0 Å². The SMILES string of the molecule is O=C(NCc1ccccc1)Nc1ccc(CCO)cc1. The lowest BCUT2D eigenvalue weighted by Crippen LogP contribution is -2.28. The number of carbonyl (C=O) groups excluding carboxylic acids is 1. The summed E-state index contributed by atoms with van der Waals surface area (Å²) in [6.07, 6.45) is 0.625. The van der Waals surface area contributed by atoms with E-state index >= 15 is 0 Å². The molecule has 0 bridgehead atoms. The van der Waals surface area contributed by atoms with Crippen molar-refractivity contribution in [3.63, 3.8) is 0 Å². The third-order valence-electron chi connectivity index (χ3n) is 2.91. The molecule has 0 heterocycles. The Morgan fingerprint density at radius 2 is 1.65 bits per heavy atom. The van der Waals surface area contributed by atoms with Crippen molar-refractivity contribution in [2.45, 2.75) is 13.0 Å². The highest BCUT2D eigenvalue weighted by molar-refractivity contribution is 5.89. The third kappa shape index (κ3) is 4.40. The molecule has 0 aromatic heterocycles. The van der Waals surface area contributed by atoms with Gasteiger partial charge in [-0.2, -0.15) is 0 Å². The van der Waals surface area contributed by atoms with Crippen LogP contribution in [-0.2, 0) is 13.0 Å². The molecule has 2 rings (SSSR count). The van der Waals surface area contributed by atoms with E-state index in [2.05, 4.69) is 10.6 Å². The molecule has 0 saturated heterocycles. The maximum Gasteiger partial charge on any atom is 0.319 e. The summed E-state index contributed by atoms with van der Waals surface area (Å²) in [7, 11) is 0. The Balaban J connectivity index is 1.82. The molecule has 20 heavy (non-hydrogen) atoms. The average Bonchev–Trinajstić information content (AvgIpc) is 2.49. The molecule has 4 nitrogen and oxygen atoms in total. The zero-order valence-corrected chi connectivity index (χ0v) is 11.2. The van der Waals surface area contributed by atoms with Crippen LogP contribution >= 0.6 is 0 Å². The Kier molecular flexibility index (Phi) is 5.15. The molecule has 3 N–H and O–H groups in total. The van der Waals surface area contributed by atoms with E-state index in [0.717, 1.165) is 16.8 Å². The van der Waals surface area contributed by atoms with Crippen molar-refractivity contribution in [2.24, 2.45) is 0 Å². The smallest absolute Gasteiger partial charge is 0.319 e. The summed E-state index contributed by atoms with van der Waals surface area (Å²) in [6, 6.07) is 16.9. The highest BCUT2D eigenvalue weighted by Crippen LogP contribution is 2.09. The van der Waals surface area contributed by atoms with Crippen molar-refractivity contribution >= 4 is 11.7 Å². The van der Waals surface area contributed by atoms with Gasteiger partial charge in [-0.25, -0.2) is 4.79 Å². The highest BCUT2D eigenvalue weighted by Gasteiger charge is 2.01. The molecule has 0 saturated carbocycles. The fourth-order valence-electron chi connectivity index (χ4n) is 1.84. The minimum atomic E-state index is -0.233. The minimum Gasteiger partial charge on any atom is -0.396 e. The second kappa shape index (κ2) is 7.31. The molecule has 0 aliphatic heterocycles. The van der Waals surface area contributed by atoms with Crippen molar-refractivity contribution in [3.05, 3.63) is 65.7 Å². The number of aliphatic hydroxyl groups excluding tert-OH is 1. The normalized spacial score (nSPS) is 10.1. The molecule has 2 aromatic rings.